The van der Waals surface area contributed by atoms with Crippen molar-refractivity contribution in [3.8, 4) is 5.75 Å². The minimum absolute atomic E-state index is 0. The molecule has 1 aliphatic heterocycles. The number of piperidine rings is 1. The van der Waals surface area contributed by atoms with Crippen LogP contribution in [-0.4, -0.2) is 42.1 Å². The van der Waals surface area contributed by atoms with E-state index in [0.717, 1.165) is 0 Å². The Morgan fingerprint density at radius 1 is 1.48 bits per heavy atom. The van der Waals surface area contributed by atoms with E-state index in [1.165, 1.54) is 13.2 Å². The lowest BCUT2D eigenvalue weighted by Gasteiger charge is -2.32. The van der Waals surface area contributed by atoms with E-state index in [1.54, 1.807) is 17.0 Å². The molecular formula is C14H18ClF2NO3. The number of alkyl halides is 2. The third kappa shape index (κ3) is 4.54. The summed E-state index contributed by atoms with van der Waals surface area (Å²) in [6, 6.07) is 4.74. The molecule has 7 heteroatoms. The number of benzene rings is 1. The van der Waals surface area contributed by atoms with Gasteiger partial charge in [0.25, 0.3) is 5.92 Å². The average molecular weight is 322 g/mol. The fraction of sp³-hybridized carbons (Fsp3) is 0.500. The van der Waals surface area contributed by atoms with Gasteiger partial charge in [-0.3, -0.25) is 4.90 Å². The van der Waals surface area contributed by atoms with Gasteiger partial charge in [-0.25, -0.2) is 13.6 Å². The number of carbonyl (C=O) groups is 1. The molecule has 118 valence electrons. The lowest BCUT2D eigenvalue weighted by molar-refractivity contribution is -0.0661. The second-order valence-corrected chi connectivity index (χ2v) is 5.01. The van der Waals surface area contributed by atoms with Crippen LogP contribution in [0.4, 0.5) is 8.78 Å². The maximum absolute atomic E-state index is 13.3. The van der Waals surface area contributed by atoms with E-state index in [0.29, 0.717) is 25.1 Å². The molecule has 0 amide bonds. The molecule has 0 bridgehead atoms. The van der Waals surface area contributed by atoms with E-state index in [1.807, 2.05) is 0 Å². The number of rotatable bonds is 4. The van der Waals surface area contributed by atoms with Crippen molar-refractivity contribution in [1.29, 1.82) is 0 Å². The van der Waals surface area contributed by atoms with Crippen LogP contribution in [0.5, 0.6) is 5.75 Å². The van der Waals surface area contributed by atoms with Crippen molar-refractivity contribution in [2.75, 3.05) is 20.2 Å². The van der Waals surface area contributed by atoms with E-state index in [4.69, 9.17) is 9.84 Å². The maximum Gasteiger partial charge on any atom is 0.339 e. The average Bonchev–Trinajstić information content (AvgIpc) is 2.37. The van der Waals surface area contributed by atoms with E-state index in [-0.39, 0.29) is 36.7 Å². The molecule has 1 heterocycles. The van der Waals surface area contributed by atoms with E-state index >= 15 is 0 Å². The molecule has 0 unspecified atom stereocenters. The fourth-order valence-electron chi connectivity index (χ4n) is 2.46. The highest BCUT2D eigenvalue weighted by Gasteiger charge is 2.34. The summed E-state index contributed by atoms with van der Waals surface area (Å²) >= 11 is 0. The van der Waals surface area contributed by atoms with E-state index in [9.17, 15) is 13.6 Å². The molecule has 1 fully saturated rings. The lowest BCUT2D eigenvalue weighted by atomic mass is 10.0. The molecule has 0 spiro atoms. The highest BCUT2D eigenvalue weighted by molar-refractivity contribution is 5.91. The summed E-state index contributed by atoms with van der Waals surface area (Å²) in [6.07, 6.45) is 0.376. The number of halogens is 3. The van der Waals surface area contributed by atoms with Crippen LogP contribution in [0, 0.1) is 0 Å². The van der Waals surface area contributed by atoms with Crippen LogP contribution in [0.25, 0.3) is 0 Å². The summed E-state index contributed by atoms with van der Waals surface area (Å²) < 4.78 is 31.6. The maximum atomic E-state index is 13.3. The molecule has 0 aromatic heterocycles. The van der Waals surface area contributed by atoms with Crippen molar-refractivity contribution in [2.24, 2.45) is 0 Å². The standard InChI is InChI=1S/C14H17F2NO3.ClH/c1-20-12-4-3-10(7-11(12)13(18)19)8-17-6-2-5-14(15,16)9-17;/h3-4,7H,2,5-6,8-9H2,1H3,(H,18,19);1H. The third-order valence-corrected chi connectivity index (χ3v) is 3.37. The van der Waals surface area contributed by atoms with Crippen LogP contribution in [0.1, 0.15) is 28.8 Å². The second-order valence-electron chi connectivity index (χ2n) is 5.01. The van der Waals surface area contributed by atoms with Crippen LogP contribution < -0.4 is 4.74 Å². The summed E-state index contributed by atoms with van der Waals surface area (Å²) in [7, 11) is 1.40. The Morgan fingerprint density at radius 2 is 2.19 bits per heavy atom. The number of hydrogen-bond acceptors (Lipinski definition) is 3. The van der Waals surface area contributed by atoms with Gasteiger partial charge in [0.05, 0.1) is 13.7 Å². The van der Waals surface area contributed by atoms with Gasteiger partial charge in [-0.1, -0.05) is 6.07 Å². The van der Waals surface area contributed by atoms with Crippen LogP contribution >= 0.6 is 12.4 Å². The molecule has 1 aromatic rings. The molecule has 2 rings (SSSR count). The predicted octanol–water partition coefficient (Wildman–Crippen LogP) is 3.05. The number of likely N-dealkylation sites (tertiary alicyclic amines) is 1. The summed E-state index contributed by atoms with van der Waals surface area (Å²) in [5.74, 6) is -3.47. The first-order chi connectivity index (χ1) is 9.41. The molecule has 21 heavy (non-hydrogen) atoms. The minimum Gasteiger partial charge on any atom is -0.496 e. The number of methoxy groups -OCH3 is 1. The second kappa shape index (κ2) is 7.04. The number of ether oxygens (including phenoxy) is 1. The van der Waals surface area contributed by atoms with Gasteiger partial charge in [0.2, 0.25) is 0 Å². The molecule has 1 aliphatic rings. The Kier molecular flexibility index (Phi) is 5.92. The van der Waals surface area contributed by atoms with Crippen LogP contribution in [0.2, 0.25) is 0 Å². The van der Waals surface area contributed by atoms with Gasteiger partial charge in [-0.15, -0.1) is 12.4 Å². The summed E-state index contributed by atoms with van der Waals surface area (Å²) in [6.45, 7) is 0.644. The lowest BCUT2D eigenvalue weighted by Crippen LogP contribution is -2.42. The van der Waals surface area contributed by atoms with Gasteiger partial charge in [0.15, 0.2) is 0 Å². The van der Waals surface area contributed by atoms with Gasteiger partial charge >= 0.3 is 5.97 Å². The normalized spacial score (nSPS) is 17.9. The molecule has 1 saturated heterocycles. The molecule has 0 aliphatic carbocycles. The number of aromatic carboxylic acids is 1. The zero-order valence-corrected chi connectivity index (χ0v) is 12.5. The quantitative estimate of drug-likeness (QED) is 0.926. The van der Waals surface area contributed by atoms with E-state index in [2.05, 4.69) is 0 Å². The van der Waals surface area contributed by atoms with Crippen LogP contribution in [0.15, 0.2) is 18.2 Å². The highest BCUT2D eigenvalue weighted by atomic mass is 35.5. The van der Waals surface area contributed by atoms with Crippen molar-refractivity contribution in [1.82, 2.24) is 4.90 Å². The summed E-state index contributed by atoms with van der Waals surface area (Å²) in [4.78, 5) is 12.8. The molecule has 1 N–H and O–H groups in total. The fourth-order valence-corrected chi connectivity index (χ4v) is 2.46. The SMILES string of the molecule is COc1ccc(CN2CCCC(F)(F)C2)cc1C(=O)O.Cl. The number of nitrogens with zero attached hydrogens (tertiary/aromatic N) is 1. The predicted molar refractivity (Wildman–Crippen MR) is 76.7 cm³/mol. The monoisotopic (exact) mass is 321 g/mol. The van der Waals surface area contributed by atoms with Crippen molar-refractivity contribution in [3.05, 3.63) is 29.3 Å². The zero-order chi connectivity index (χ0) is 14.8. The van der Waals surface area contributed by atoms with Gasteiger partial charge in [-0.05, 0) is 30.7 Å². The first-order valence-corrected chi connectivity index (χ1v) is 6.42. The summed E-state index contributed by atoms with van der Waals surface area (Å²) in [5, 5.41) is 9.10. The van der Waals surface area contributed by atoms with Crippen molar-refractivity contribution in [2.45, 2.75) is 25.3 Å². The first kappa shape index (κ1) is 17.7. The van der Waals surface area contributed by atoms with Crippen LogP contribution in [0.3, 0.4) is 0 Å². The Balaban J connectivity index is 0.00000220. The molecule has 4 nitrogen and oxygen atoms in total. The Labute approximate surface area is 128 Å². The minimum atomic E-state index is -2.65. The zero-order valence-electron chi connectivity index (χ0n) is 11.6. The summed E-state index contributed by atoms with van der Waals surface area (Å²) in [5.41, 5.74) is 0.745. The third-order valence-electron chi connectivity index (χ3n) is 3.37. The van der Waals surface area contributed by atoms with Gasteiger partial charge in [0.1, 0.15) is 11.3 Å². The van der Waals surface area contributed by atoms with Crippen molar-refractivity contribution < 1.29 is 23.4 Å². The van der Waals surface area contributed by atoms with Gasteiger partial charge < -0.3 is 9.84 Å². The van der Waals surface area contributed by atoms with Crippen molar-refractivity contribution in [3.63, 3.8) is 0 Å². The Bertz CT molecular complexity index is 511. The van der Waals surface area contributed by atoms with Gasteiger partial charge in [0, 0.05) is 13.0 Å². The van der Waals surface area contributed by atoms with Gasteiger partial charge in [-0.2, -0.15) is 0 Å². The Morgan fingerprint density at radius 3 is 2.76 bits per heavy atom. The molecule has 0 atom stereocenters. The van der Waals surface area contributed by atoms with E-state index < -0.39 is 11.9 Å². The van der Waals surface area contributed by atoms with Crippen LogP contribution in [-0.2, 0) is 6.54 Å². The smallest absolute Gasteiger partial charge is 0.339 e. The number of hydrogen-bond donors (Lipinski definition) is 1. The molecule has 1 aromatic carbocycles. The first-order valence-electron chi connectivity index (χ1n) is 6.42. The highest BCUT2D eigenvalue weighted by Crippen LogP contribution is 2.28. The number of carboxylic acids is 1. The topological polar surface area (TPSA) is 49.8 Å². The van der Waals surface area contributed by atoms with Crippen molar-refractivity contribution >= 4 is 18.4 Å². The molecule has 0 radical (unpaired) electrons. The largest absolute Gasteiger partial charge is 0.496 e. The number of carboxylic acid groups (broad SMARTS) is 1. The molecular weight excluding hydrogens is 304 g/mol. The Hall–Kier alpha value is -1.40. The molecule has 0 saturated carbocycles.